The number of piperidine rings is 1. The molecular weight excluding hydrogens is 240 g/mol. The molecule has 1 fully saturated rings. The van der Waals surface area contributed by atoms with Gasteiger partial charge in [-0.05, 0) is 43.5 Å². The molecule has 1 aliphatic rings. The fourth-order valence-corrected chi connectivity index (χ4v) is 2.36. The summed E-state index contributed by atoms with van der Waals surface area (Å²) in [5, 5.41) is 6.25. The summed E-state index contributed by atoms with van der Waals surface area (Å²) in [5.41, 5.74) is 1.18. The topological polar surface area (TPSA) is 50.4 Å². The molecule has 0 bridgehead atoms. The maximum absolute atomic E-state index is 11.9. The summed E-state index contributed by atoms with van der Waals surface area (Å²) in [5.74, 6) is 0.986. The van der Waals surface area contributed by atoms with Crippen LogP contribution in [0.5, 0.6) is 5.75 Å². The Hall–Kier alpha value is -1.55. The van der Waals surface area contributed by atoms with E-state index in [1.807, 2.05) is 24.3 Å². The van der Waals surface area contributed by atoms with Gasteiger partial charge < -0.3 is 15.4 Å². The molecule has 2 rings (SSSR count). The Kier molecular flexibility index (Phi) is 5.21. The number of hydrogen-bond donors (Lipinski definition) is 2. The minimum Gasteiger partial charge on any atom is -0.497 e. The Morgan fingerprint density at radius 3 is 3.11 bits per heavy atom. The lowest BCUT2D eigenvalue weighted by atomic mass is 10.0. The van der Waals surface area contributed by atoms with Crippen LogP contribution >= 0.6 is 0 Å². The van der Waals surface area contributed by atoms with Crippen LogP contribution in [-0.2, 0) is 11.2 Å². The van der Waals surface area contributed by atoms with Crippen molar-refractivity contribution in [2.45, 2.75) is 31.7 Å². The second-order valence-electron chi connectivity index (χ2n) is 4.90. The van der Waals surface area contributed by atoms with E-state index < -0.39 is 0 Å². The van der Waals surface area contributed by atoms with Gasteiger partial charge in [0.05, 0.1) is 13.2 Å². The summed E-state index contributed by atoms with van der Waals surface area (Å²) in [6.45, 7) is 1.62. The van der Waals surface area contributed by atoms with Gasteiger partial charge in [-0.25, -0.2) is 0 Å². The van der Waals surface area contributed by atoms with E-state index in [4.69, 9.17) is 4.74 Å². The highest BCUT2D eigenvalue weighted by Crippen LogP contribution is 2.12. The van der Waals surface area contributed by atoms with Crippen LogP contribution in [0.3, 0.4) is 0 Å². The Balaban J connectivity index is 1.74. The van der Waals surface area contributed by atoms with Crippen LogP contribution in [0.1, 0.15) is 24.8 Å². The third kappa shape index (κ3) is 4.24. The molecule has 1 amide bonds. The lowest BCUT2D eigenvalue weighted by Gasteiger charge is -2.22. The van der Waals surface area contributed by atoms with E-state index in [9.17, 15) is 4.79 Å². The standard InChI is InChI=1S/C15H22N2O2/c1-19-13-6-4-5-12(11-13)8-10-17-15(18)14-7-2-3-9-16-14/h4-6,11,14,16H,2-3,7-10H2,1H3,(H,17,18). The molecule has 0 aliphatic carbocycles. The molecule has 4 nitrogen and oxygen atoms in total. The molecule has 1 aromatic rings. The maximum atomic E-state index is 11.9. The zero-order valence-corrected chi connectivity index (χ0v) is 11.4. The number of hydrogen-bond acceptors (Lipinski definition) is 3. The van der Waals surface area contributed by atoms with Crippen molar-refractivity contribution in [3.05, 3.63) is 29.8 Å². The number of benzene rings is 1. The summed E-state index contributed by atoms with van der Waals surface area (Å²) < 4.78 is 5.18. The fourth-order valence-electron chi connectivity index (χ4n) is 2.36. The molecule has 1 unspecified atom stereocenters. The zero-order chi connectivity index (χ0) is 13.5. The molecule has 1 atom stereocenters. The van der Waals surface area contributed by atoms with Crippen molar-refractivity contribution >= 4 is 5.91 Å². The Bertz CT molecular complexity index is 414. The lowest BCUT2D eigenvalue weighted by molar-refractivity contribution is -0.123. The van der Waals surface area contributed by atoms with Crippen molar-refractivity contribution in [3.8, 4) is 5.75 Å². The molecule has 1 heterocycles. The van der Waals surface area contributed by atoms with Gasteiger partial charge in [-0.1, -0.05) is 18.6 Å². The molecule has 0 aromatic heterocycles. The molecular formula is C15H22N2O2. The summed E-state index contributed by atoms with van der Waals surface area (Å²) in [6.07, 6.45) is 4.09. The Morgan fingerprint density at radius 1 is 1.47 bits per heavy atom. The molecule has 2 N–H and O–H groups in total. The average Bonchev–Trinajstić information content (AvgIpc) is 2.48. The predicted molar refractivity (Wildman–Crippen MR) is 75.3 cm³/mol. The highest BCUT2D eigenvalue weighted by molar-refractivity contribution is 5.81. The predicted octanol–water partition coefficient (Wildman–Crippen LogP) is 1.50. The molecule has 1 saturated heterocycles. The number of nitrogens with one attached hydrogen (secondary N) is 2. The van der Waals surface area contributed by atoms with Crippen LogP contribution in [0.25, 0.3) is 0 Å². The van der Waals surface area contributed by atoms with Crippen molar-refractivity contribution in [3.63, 3.8) is 0 Å². The smallest absolute Gasteiger partial charge is 0.237 e. The van der Waals surface area contributed by atoms with Crippen molar-refractivity contribution in [1.29, 1.82) is 0 Å². The van der Waals surface area contributed by atoms with Crippen LogP contribution in [0.15, 0.2) is 24.3 Å². The quantitative estimate of drug-likeness (QED) is 0.845. The van der Waals surface area contributed by atoms with Crippen LogP contribution in [0.2, 0.25) is 0 Å². The zero-order valence-electron chi connectivity index (χ0n) is 11.4. The van der Waals surface area contributed by atoms with Crippen LogP contribution < -0.4 is 15.4 Å². The molecule has 0 spiro atoms. The van der Waals surface area contributed by atoms with Crippen molar-refractivity contribution in [2.24, 2.45) is 0 Å². The second-order valence-corrected chi connectivity index (χ2v) is 4.90. The molecule has 19 heavy (non-hydrogen) atoms. The molecule has 0 saturated carbocycles. The Labute approximate surface area is 114 Å². The normalized spacial score (nSPS) is 18.9. The number of carbonyl (C=O) groups excluding carboxylic acids is 1. The molecule has 1 aromatic carbocycles. The lowest BCUT2D eigenvalue weighted by Crippen LogP contribution is -2.47. The summed E-state index contributed by atoms with van der Waals surface area (Å²) >= 11 is 0. The van der Waals surface area contributed by atoms with E-state index in [-0.39, 0.29) is 11.9 Å². The number of ether oxygens (including phenoxy) is 1. The van der Waals surface area contributed by atoms with Crippen molar-refractivity contribution in [1.82, 2.24) is 10.6 Å². The highest BCUT2D eigenvalue weighted by atomic mass is 16.5. The van der Waals surface area contributed by atoms with Gasteiger partial charge in [0.25, 0.3) is 0 Å². The minimum absolute atomic E-state index is 0.000871. The first-order valence-corrected chi connectivity index (χ1v) is 6.93. The number of amides is 1. The third-order valence-corrected chi connectivity index (χ3v) is 3.47. The number of rotatable bonds is 5. The van der Waals surface area contributed by atoms with Crippen LogP contribution in [0.4, 0.5) is 0 Å². The third-order valence-electron chi connectivity index (χ3n) is 3.47. The maximum Gasteiger partial charge on any atom is 0.237 e. The van der Waals surface area contributed by atoms with Gasteiger partial charge in [0.1, 0.15) is 5.75 Å². The van der Waals surface area contributed by atoms with Gasteiger partial charge in [0, 0.05) is 6.54 Å². The van der Waals surface area contributed by atoms with E-state index in [0.717, 1.165) is 31.6 Å². The number of carbonyl (C=O) groups is 1. The van der Waals surface area contributed by atoms with Crippen LogP contribution in [0, 0.1) is 0 Å². The van der Waals surface area contributed by atoms with E-state index in [1.54, 1.807) is 7.11 Å². The van der Waals surface area contributed by atoms with E-state index >= 15 is 0 Å². The largest absolute Gasteiger partial charge is 0.497 e. The monoisotopic (exact) mass is 262 g/mol. The first-order valence-electron chi connectivity index (χ1n) is 6.93. The first kappa shape index (κ1) is 13.9. The van der Waals surface area contributed by atoms with E-state index in [1.165, 1.54) is 12.0 Å². The second kappa shape index (κ2) is 7.14. The van der Waals surface area contributed by atoms with Gasteiger partial charge in [-0.2, -0.15) is 0 Å². The summed E-state index contributed by atoms with van der Waals surface area (Å²) in [4.78, 5) is 11.9. The summed E-state index contributed by atoms with van der Waals surface area (Å²) in [6, 6.07) is 7.95. The van der Waals surface area contributed by atoms with Gasteiger partial charge in [-0.15, -0.1) is 0 Å². The van der Waals surface area contributed by atoms with E-state index in [0.29, 0.717) is 6.54 Å². The fraction of sp³-hybridized carbons (Fsp3) is 0.533. The SMILES string of the molecule is COc1cccc(CCNC(=O)C2CCCCN2)c1. The Morgan fingerprint density at radius 2 is 2.37 bits per heavy atom. The van der Waals surface area contributed by atoms with Gasteiger partial charge in [0.2, 0.25) is 5.91 Å². The summed E-state index contributed by atoms with van der Waals surface area (Å²) in [7, 11) is 1.66. The molecule has 104 valence electrons. The van der Waals surface area contributed by atoms with Gasteiger partial charge in [-0.3, -0.25) is 4.79 Å². The van der Waals surface area contributed by atoms with Crippen molar-refractivity contribution < 1.29 is 9.53 Å². The van der Waals surface area contributed by atoms with E-state index in [2.05, 4.69) is 10.6 Å². The van der Waals surface area contributed by atoms with Crippen LogP contribution in [-0.4, -0.2) is 32.1 Å². The van der Waals surface area contributed by atoms with Gasteiger partial charge in [0.15, 0.2) is 0 Å². The average molecular weight is 262 g/mol. The highest BCUT2D eigenvalue weighted by Gasteiger charge is 2.19. The molecule has 0 radical (unpaired) electrons. The number of methoxy groups -OCH3 is 1. The molecule has 4 heteroatoms. The minimum atomic E-state index is -0.000871. The molecule has 1 aliphatic heterocycles. The van der Waals surface area contributed by atoms with Gasteiger partial charge >= 0.3 is 0 Å². The first-order chi connectivity index (χ1) is 9.29. The van der Waals surface area contributed by atoms with Crippen molar-refractivity contribution in [2.75, 3.05) is 20.2 Å².